The van der Waals surface area contributed by atoms with E-state index in [9.17, 15) is 5.11 Å². The van der Waals surface area contributed by atoms with Crippen LogP contribution in [0.1, 0.15) is 41.2 Å². The van der Waals surface area contributed by atoms with Gasteiger partial charge in [0.2, 0.25) is 0 Å². The van der Waals surface area contributed by atoms with E-state index >= 15 is 0 Å². The Morgan fingerprint density at radius 2 is 1.34 bits per heavy atom. The van der Waals surface area contributed by atoms with Crippen LogP contribution in [-0.2, 0) is 26.2 Å². The van der Waals surface area contributed by atoms with E-state index in [4.69, 9.17) is 11.6 Å². The summed E-state index contributed by atoms with van der Waals surface area (Å²) in [7, 11) is 0. The molecule has 7 nitrogen and oxygen atoms in total. The molecule has 0 aliphatic rings. The van der Waals surface area contributed by atoms with E-state index in [1.807, 2.05) is 78.0 Å². The Bertz CT molecular complexity index is 1230. The van der Waals surface area contributed by atoms with E-state index in [-0.39, 0.29) is 0 Å². The topological polar surface area (TPSA) is 76.5 Å². The Morgan fingerprint density at radius 1 is 0.756 bits per heavy atom. The van der Waals surface area contributed by atoms with Crippen molar-refractivity contribution in [3.8, 4) is 0 Å². The largest absolute Gasteiger partial charge is 0.374 e. The lowest BCUT2D eigenvalue weighted by Crippen LogP contribution is -2.36. The van der Waals surface area contributed by atoms with Gasteiger partial charge in [0.15, 0.2) is 0 Å². The number of nitrogens with zero attached hydrogens (tertiary/aromatic N) is 4. The van der Waals surface area contributed by atoms with Crippen LogP contribution < -0.4 is 10.6 Å². The van der Waals surface area contributed by atoms with Crippen LogP contribution in [0.15, 0.2) is 97.3 Å². The standard InChI is InChI=1S/C33H41ClN6O/c1-2-40(33(41)29-8-7-9-30(34)22-29)26-28-14-12-27(13-15-28)25-39(20-18-35-23-31-10-3-5-16-37-31)21-19-36-24-32-11-4-6-17-38-32/h3-17,22,33,35-36,41H,2,18-21,23-26H2,1H3. The summed E-state index contributed by atoms with van der Waals surface area (Å²) in [6.07, 6.45) is 2.96. The number of aliphatic hydroxyl groups excluding tert-OH is 1. The number of aliphatic hydroxyl groups is 1. The van der Waals surface area contributed by atoms with Crippen LogP contribution in [0.3, 0.4) is 0 Å². The highest BCUT2D eigenvalue weighted by atomic mass is 35.5. The predicted octanol–water partition coefficient (Wildman–Crippen LogP) is 5.02. The fourth-order valence-corrected chi connectivity index (χ4v) is 4.87. The summed E-state index contributed by atoms with van der Waals surface area (Å²) in [6, 6.07) is 28.2. The van der Waals surface area contributed by atoms with Gasteiger partial charge in [0, 0.05) is 69.8 Å². The van der Waals surface area contributed by atoms with Crippen molar-refractivity contribution in [2.45, 2.75) is 39.3 Å². The second-order valence-electron chi connectivity index (χ2n) is 10.1. The monoisotopic (exact) mass is 572 g/mol. The van der Waals surface area contributed by atoms with E-state index in [0.29, 0.717) is 11.6 Å². The van der Waals surface area contributed by atoms with Crippen molar-refractivity contribution < 1.29 is 5.11 Å². The molecule has 4 aromatic rings. The van der Waals surface area contributed by atoms with Crippen molar-refractivity contribution in [3.05, 3.63) is 130 Å². The molecule has 0 amide bonds. The second-order valence-corrected chi connectivity index (χ2v) is 10.5. The maximum Gasteiger partial charge on any atom is 0.133 e. The molecule has 0 spiro atoms. The normalized spacial score (nSPS) is 12.2. The maximum atomic E-state index is 10.9. The van der Waals surface area contributed by atoms with Crippen LogP contribution in [0.25, 0.3) is 0 Å². The fourth-order valence-electron chi connectivity index (χ4n) is 4.67. The van der Waals surface area contributed by atoms with Crippen LogP contribution in [0.2, 0.25) is 5.02 Å². The van der Waals surface area contributed by atoms with Crippen molar-refractivity contribution >= 4 is 11.6 Å². The number of pyridine rings is 2. The molecule has 0 saturated heterocycles. The number of rotatable bonds is 17. The third-order valence-electron chi connectivity index (χ3n) is 6.99. The molecule has 3 N–H and O–H groups in total. The van der Waals surface area contributed by atoms with Gasteiger partial charge >= 0.3 is 0 Å². The number of aromatic nitrogens is 2. The molecule has 0 aliphatic carbocycles. The van der Waals surface area contributed by atoms with Crippen LogP contribution in [0.5, 0.6) is 0 Å². The summed E-state index contributed by atoms with van der Waals surface area (Å²) in [5.74, 6) is 0. The number of benzene rings is 2. The molecule has 0 saturated carbocycles. The first-order valence-corrected chi connectivity index (χ1v) is 14.7. The number of hydrogen-bond donors (Lipinski definition) is 3. The van der Waals surface area contributed by atoms with Crippen LogP contribution in [0, 0.1) is 0 Å². The van der Waals surface area contributed by atoms with Crippen molar-refractivity contribution in [1.29, 1.82) is 0 Å². The predicted molar refractivity (Wildman–Crippen MR) is 166 cm³/mol. The lowest BCUT2D eigenvalue weighted by molar-refractivity contribution is -0.000680. The second kappa shape index (κ2) is 16.9. The summed E-state index contributed by atoms with van der Waals surface area (Å²) in [5, 5.41) is 18.6. The molecular formula is C33H41ClN6O. The lowest BCUT2D eigenvalue weighted by Gasteiger charge is -2.27. The van der Waals surface area contributed by atoms with E-state index in [2.05, 4.69) is 56.7 Å². The van der Waals surface area contributed by atoms with Gasteiger partial charge in [0.25, 0.3) is 0 Å². The Hall–Kier alpha value is -3.17. The molecule has 8 heteroatoms. The molecule has 0 fully saturated rings. The Balaban J connectivity index is 1.31. The molecule has 1 atom stereocenters. The minimum absolute atomic E-state index is 0.630. The molecule has 1 unspecified atom stereocenters. The molecule has 0 radical (unpaired) electrons. The zero-order valence-electron chi connectivity index (χ0n) is 23.8. The molecule has 2 aromatic heterocycles. The van der Waals surface area contributed by atoms with E-state index < -0.39 is 6.23 Å². The summed E-state index contributed by atoms with van der Waals surface area (Å²) in [6.45, 7) is 9.42. The summed E-state index contributed by atoms with van der Waals surface area (Å²) in [5.41, 5.74) is 5.33. The summed E-state index contributed by atoms with van der Waals surface area (Å²) in [4.78, 5) is 13.3. The van der Waals surface area contributed by atoms with Crippen LogP contribution in [-0.4, -0.2) is 57.6 Å². The molecule has 4 rings (SSSR count). The highest BCUT2D eigenvalue weighted by Crippen LogP contribution is 2.23. The Labute approximate surface area is 249 Å². The molecular weight excluding hydrogens is 532 g/mol. The SMILES string of the molecule is CCN(Cc1ccc(CN(CCNCc2ccccn2)CCNCc2ccccn2)cc1)C(O)c1cccc(Cl)c1. The average Bonchev–Trinajstić information content (AvgIpc) is 3.01. The van der Waals surface area contributed by atoms with E-state index in [1.165, 1.54) is 5.56 Å². The van der Waals surface area contributed by atoms with Gasteiger partial charge in [-0.05, 0) is 59.6 Å². The molecule has 2 aromatic carbocycles. The van der Waals surface area contributed by atoms with Crippen LogP contribution in [0.4, 0.5) is 0 Å². The van der Waals surface area contributed by atoms with Gasteiger partial charge in [-0.2, -0.15) is 0 Å². The van der Waals surface area contributed by atoms with Gasteiger partial charge in [-0.25, -0.2) is 0 Å². The van der Waals surface area contributed by atoms with Crippen molar-refractivity contribution in [2.75, 3.05) is 32.7 Å². The van der Waals surface area contributed by atoms with E-state index in [0.717, 1.165) is 74.9 Å². The van der Waals surface area contributed by atoms with Crippen LogP contribution >= 0.6 is 11.6 Å². The Morgan fingerprint density at radius 3 is 1.85 bits per heavy atom. The number of hydrogen-bond acceptors (Lipinski definition) is 7. The maximum absolute atomic E-state index is 10.9. The first-order chi connectivity index (χ1) is 20.1. The smallest absolute Gasteiger partial charge is 0.133 e. The van der Waals surface area contributed by atoms with Gasteiger partial charge in [-0.1, -0.05) is 67.1 Å². The molecule has 41 heavy (non-hydrogen) atoms. The van der Waals surface area contributed by atoms with Crippen molar-refractivity contribution in [2.24, 2.45) is 0 Å². The first kappa shape index (κ1) is 30.8. The van der Waals surface area contributed by atoms with Gasteiger partial charge < -0.3 is 15.7 Å². The zero-order chi connectivity index (χ0) is 28.7. The third-order valence-corrected chi connectivity index (χ3v) is 7.22. The molecule has 0 bridgehead atoms. The highest BCUT2D eigenvalue weighted by molar-refractivity contribution is 6.30. The first-order valence-electron chi connectivity index (χ1n) is 14.3. The average molecular weight is 573 g/mol. The fraction of sp³-hybridized carbons (Fsp3) is 0.333. The zero-order valence-corrected chi connectivity index (χ0v) is 24.5. The third kappa shape index (κ3) is 10.6. The molecule has 2 heterocycles. The summed E-state index contributed by atoms with van der Waals surface area (Å²) < 4.78 is 0. The molecule has 216 valence electrons. The number of halogens is 1. The van der Waals surface area contributed by atoms with Gasteiger partial charge in [0.05, 0.1) is 11.4 Å². The van der Waals surface area contributed by atoms with Crippen molar-refractivity contribution in [3.63, 3.8) is 0 Å². The van der Waals surface area contributed by atoms with Gasteiger partial charge in [0.1, 0.15) is 6.23 Å². The summed E-state index contributed by atoms with van der Waals surface area (Å²) >= 11 is 6.14. The number of nitrogens with one attached hydrogen (secondary N) is 2. The lowest BCUT2D eigenvalue weighted by atomic mass is 10.1. The minimum Gasteiger partial charge on any atom is -0.374 e. The molecule has 0 aliphatic heterocycles. The highest BCUT2D eigenvalue weighted by Gasteiger charge is 2.17. The Kier molecular flexibility index (Phi) is 12.7. The van der Waals surface area contributed by atoms with E-state index in [1.54, 1.807) is 0 Å². The van der Waals surface area contributed by atoms with Gasteiger partial charge in [-0.3, -0.25) is 19.8 Å². The quantitative estimate of drug-likeness (QED) is 0.121. The van der Waals surface area contributed by atoms with Crippen molar-refractivity contribution in [1.82, 2.24) is 30.4 Å². The minimum atomic E-state index is -0.703. The van der Waals surface area contributed by atoms with Gasteiger partial charge in [-0.15, -0.1) is 0 Å².